The molecular formula is C25H25FN2O. The number of halogens is 1. The van der Waals surface area contributed by atoms with E-state index in [1.54, 1.807) is 18.2 Å². The van der Waals surface area contributed by atoms with Gasteiger partial charge < -0.3 is 10.6 Å². The molecule has 0 fully saturated rings. The molecule has 0 saturated heterocycles. The van der Waals surface area contributed by atoms with Crippen LogP contribution >= 0.6 is 0 Å². The number of Topliss-reactive ketones (excluding diaryl/α,β-unsaturated/α-hetero) is 1. The van der Waals surface area contributed by atoms with Crippen molar-refractivity contribution in [2.75, 3.05) is 10.6 Å². The van der Waals surface area contributed by atoms with E-state index in [0.29, 0.717) is 17.1 Å². The number of aryl methyl sites for hydroxylation is 3. The van der Waals surface area contributed by atoms with E-state index in [1.807, 2.05) is 26.0 Å². The van der Waals surface area contributed by atoms with Crippen LogP contribution in [0.1, 0.15) is 34.0 Å². The summed E-state index contributed by atoms with van der Waals surface area (Å²) in [6.45, 7) is 11.8. The van der Waals surface area contributed by atoms with Crippen molar-refractivity contribution in [1.29, 1.82) is 0 Å². The number of benzene rings is 3. The molecule has 0 amide bonds. The zero-order chi connectivity index (χ0) is 21.1. The van der Waals surface area contributed by atoms with Crippen molar-refractivity contribution in [3.05, 3.63) is 95.1 Å². The fourth-order valence-corrected chi connectivity index (χ4v) is 3.50. The molecule has 0 bridgehead atoms. The Morgan fingerprint density at radius 3 is 2.03 bits per heavy atom. The largest absolute Gasteiger partial charge is 0.342 e. The summed E-state index contributed by atoms with van der Waals surface area (Å²) in [6.07, 6.45) is 0. The van der Waals surface area contributed by atoms with Gasteiger partial charge in [-0.05, 0) is 74.2 Å². The van der Waals surface area contributed by atoms with Gasteiger partial charge in [-0.3, -0.25) is 4.79 Å². The summed E-state index contributed by atoms with van der Waals surface area (Å²) in [7, 11) is 0. The van der Waals surface area contributed by atoms with E-state index in [-0.39, 0.29) is 11.6 Å². The molecule has 0 unspecified atom stereocenters. The number of ketones is 1. The van der Waals surface area contributed by atoms with Gasteiger partial charge >= 0.3 is 0 Å². The van der Waals surface area contributed by atoms with Crippen LogP contribution < -0.4 is 10.6 Å². The van der Waals surface area contributed by atoms with Gasteiger partial charge in [-0.2, -0.15) is 0 Å². The first-order chi connectivity index (χ1) is 13.7. The van der Waals surface area contributed by atoms with Crippen LogP contribution in [0.3, 0.4) is 0 Å². The van der Waals surface area contributed by atoms with Crippen LogP contribution in [0.4, 0.5) is 15.8 Å². The summed E-state index contributed by atoms with van der Waals surface area (Å²) in [4.78, 5) is 12.1. The summed E-state index contributed by atoms with van der Waals surface area (Å²) in [5.74, 6) is 0.237. The number of carbonyl (C=O) groups is 1. The Morgan fingerprint density at radius 1 is 0.862 bits per heavy atom. The predicted octanol–water partition coefficient (Wildman–Crippen LogP) is 6.62. The zero-order valence-electron chi connectivity index (χ0n) is 17.2. The highest BCUT2D eigenvalue weighted by Gasteiger charge is 2.12. The van der Waals surface area contributed by atoms with Crippen LogP contribution in [0.2, 0.25) is 0 Å². The monoisotopic (exact) mass is 388 g/mol. The fourth-order valence-electron chi connectivity index (χ4n) is 3.50. The average molecular weight is 388 g/mol. The van der Waals surface area contributed by atoms with Crippen LogP contribution in [0.5, 0.6) is 0 Å². The van der Waals surface area contributed by atoms with Crippen LogP contribution in [0.15, 0.2) is 67.0 Å². The van der Waals surface area contributed by atoms with Gasteiger partial charge in [-0.25, -0.2) is 4.39 Å². The molecule has 0 aliphatic carbocycles. The van der Waals surface area contributed by atoms with Crippen LogP contribution in [0, 0.1) is 26.6 Å². The molecule has 4 heteroatoms. The number of hydrogen-bond donors (Lipinski definition) is 2. The van der Waals surface area contributed by atoms with Crippen molar-refractivity contribution in [2.45, 2.75) is 27.7 Å². The van der Waals surface area contributed by atoms with E-state index in [9.17, 15) is 9.18 Å². The normalized spacial score (nSPS) is 10.5. The minimum absolute atomic E-state index is 0.0475. The molecule has 0 aliphatic heterocycles. The van der Waals surface area contributed by atoms with Gasteiger partial charge in [-0.1, -0.05) is 42.5 Å². The van der Waals surface area contributed by atoms with Crippen molar-refractivity contribution >= 4 is 17.2 Å². The summed E-state index contributed by atoms with van der Waals surface area (Å²) in [6, 6.07) is 16.0. The zero-order valence-corrected chi connectivity index (χ0v) is 17.2. The first kappa shape index (κ1) is 20.3. The molecule has 0 aliphatic rings. The van der Waals surface area contributed by atoms with Crippen molar-refractivity contribution in [2.24, 2.45) is 0 Å². The van der Waals surface area contributed by atoms with E-state index < -0.39 is 0 Å². The summed E-state index contributed by atoms with van der Waals surface area (Å²) in [5.41, 5.74) is 7.41. The maximum atomic E-state index is 13.2. The van der Waals surface area contributed by atoms with Gasteiger partial charge in [0.05, 0.1) is 5.69 Å². The van der Waals surface area contributed by atoms with Gasteiger partial charge in [0.15, 0.2) is 5.78 Å². The molecule has 0 aromatic heterocycles. The Morgan fingerprint density at radius 2 is 1.45 bits per heavy atom. The molecule has 0 saturated carbocycles. The third-order valence-corrected chi connectivity index (χ3v) is 4.81. The molecule has 0 radical (unpaired) electrons. The van der Waals surface area contributed by atoms with Gasteiger partial charge in [-0.15, -0.1) is 0 Å². The second kappa shape index (κ2) is 8.31. The Kier molecular flexibility index (Phi) is 5.83. The smallest absolute Gasteiger partial charge is 0.161 e. The first-order valence-corrected chi connectivity index (χ1v) is 9.46. The van der Waals surface area contributed by atoms with Crippen molar-refractivity contribution < 1.29 is 9.18 Å². The molecule has 3 nitrogen and oxygen atoms in total. The summed E-state index contributed by atoms with van der Waals surface area (Å²) >= 11 is 0. The summed E-state index contributed by atoms with van der Waals surface area (Å²) in [5, 5.41) is 6.55. The number of carbonyl (C=O) groups excluding carboxylic acids is 1. The molecule has 3 aromatic rings. The van der Waals surface area contributed by atoms with E-state index in [0.717, 1.165) is 27.9 Å². The third kappa shape index (κ3) is 4.72. The maximum Gasteiger partial charge on any atom is 0.161 e. The molecular weight excluding hydrogens is 363 g/mol. The highest BCUT2D eigenvalue weighted by atomic mass is 19.1. The second-order valence-corrected chi connectivity index (χ2v) is 7.33. The summed E-state index contributed by atoms with van der Waals surface area (Å²) < 4.78 is 13.2. The number of hydrogen-bond acceptors (Lipinski definition) is 3. The van der Waals surface area contributed by atoms with Crippen molar-refractivity contribution in [3.63, 3.8) is 0 Å². The highest BCUT2D eigenvalue weighted by Crippen LogP contribution is 2.28. The Bertz CT molecular complexity index is 1060. The third-order valence-electron chi connectivity index (χ3n) is 4.81. The maximum absolute atomic E-state index is 13.2. The standard InChI is InChI=1S/C25H25FN2O/c1-15-12-16(2)25(17(3)13-15)28-19(5)27-24-14-21(8-11-23(24)18(4)29)20-6-9-22(26)10-7-20/h6-14,27-28H,5H2,1-4H3. The predicted molar refractivity (Wildman–Crippen MR) is 119 cm³/mol. The molecule has 3 rings (SSSR count). The van der Waals surface area contributed by atoms with Gasteiger partial charge in [0.25, 0.3) is 0 Å². The molecule has 29 heavy (non-hydrogen) atoms. The van der Waals surface area contributed by atoms with E-state index in [1.165, 1.54) is 24.6 Å². The number of rotatable bonds is 6. The van der Waals surface area contributed by atoms with Crippen LogP contribution in [0.25, 0.3) is 11.1 Å². The lowest BCUT2D eigenvalue weighted by molar-refractivity contribution is 0.101. The molecule has 0 spiro atoms. The minimum atomic E-state index is -0.283. The molecule has 148 valence electrons. The fraction of sp³-hybridized carbons (Fsp3) is 0.160. The van der Waals surface area contributed by atoms with Crippen molar-refractivity contribution in [1.82, 2.24) is 0 Å². The molecule has 3 aromatic carbocycles. The number of anilines is 2. The average Bonchev–Trinajstić information content (AvgIpc) is 2.65. The molecule has 0 heterocycles. The van der Waals surface area contributed by atoms with E-state index in [4.69, 9.17) is 0 Å². The lowest BCUT2D eigenvalue weighted by atomic mass is 10.0. The van der Waals surface area contributed by atoms with Gasteiger partial charge in [0, 0.05) is 11.3 Å². The highest BCUT2D eigenvalue weighted by molar-refractivity contribution is 6.00. The second-order valence-electron chi connectivity index (χ2n) is 7.33. The number of nitrogens with one attached hydrogen (secondary N) is 2. The quantitative estimate of drug-likeness (QED) is 0.467. The molecule has 0 atom stereocenters. The lowest BCUT2D eigenvalue weighted by Gasteiger charge is -2.19. The Balaban J connectivity index is 1.90. The minimum Gasteiger partial charge on any atom is -0.342 e. The van der Waals surface area contributed by atoms with Gasteiger partial charge in [0.1, 0.15) is 11.6 Å². The topological polar surface area (TPSA) is 41.1 Å². The SMILES string of the molecule is C=C(Nc1cc(-c2ccc(F)cc2)ccc1C(C)=O)Nc1c(C)cc(C)cc1C. The Hall–Kier alpha value is -3.40. The lowest BCUT2D eigenvalue weighted by Crippen LogP contribution is -2.12. The van der Waals surface area contributed by atoms with E-state index >= 15 is 0 Å². The first-order valence-electron chi connectivity index (χ1n) is 9.46. The van der Waals surface area contributed by atoms with Crippen molar-refractivity contribution in [3.8, 4) is 11.1 Å². The Labute approximate surface area is 171 Å². The van der Waals surface area contributed by atoms with E-state index in [2.05, 4.69) is 36.3 Å². The molecule has 2 N–H and O–H groups in total. The van der Waals surface area contributed by atoms with Crippen LogP contribution in [-0.2, 0) is 0 Å². The van der Waals surface area contributed by atoms with Crippen LogP contribution in [-0.4, -0.2) is 5.78 Å². The van der Waals surface area contributed by atoms with Gasteiger partial charge in [0.2, 0.25) is 0 Å².